The highest BCUT2D eigenvalue weighted by molar-refractivity contribution is 6.05. The first-order chi connectivity index (χ1) is 23.6. The Bertz CT molecular complexity index is 1880. The van der Waals surface area contributed by atoms with Crippen LogP contribution in [-0.2, 0) is 22.3 Å². The molecule has 0 unspecified atom stereocenters. The first-order valence-corrected chi connectivity index (χ1v) is 16.3. The summed E-state index contributed by atoms with van der Waals surface area (Å²) in [6.45, 7) is 6.65. The predicted molar refractivity (Wildman–Crippen MR) is 179 cm³/mol. The molecule has 6 rings (SSSR count). The summed E-state index contributed by atoms with van der Waals surface area (Å²) < 4.78 is 42.2. The van der Waals surface area contributed by atoms with Crippen LogP contribution in [0.15, 0.2) is 96.7 Å². The van der Waals surface area contributed by atoms with Crippen molar-refractivity contribution in [3.63, 3.8) is 0 Å². The lowest BCUT2D eigenvalue weighted by Gasteiger charge is -2.38. The molecule has 0 bridgehead atoms. The van der Waals surface area contributed by atoms with Gasteiger partial charge in [-0.2, -0.15) is 18.3 Å². The van der Waals surface area contributed by atoms with Crippen LogP contribution in [0.3, 0.4) is 0 Å². The molecule has 3 aromatic carbocycles. The van der Waals surface area contributed by atoms with Gasteiger partial charge < -0.3 is 10.6 Å². The maximum Gasteiger partial charge on any atom is 0.416 e. The van der Waals surface area contributed by atoms with E-state index in [9.17, 15) is 27.6 Å². The number of hydrogen-bond acceptors (Lipinski definition) is 5. The number of allylic oxidation sites excluding steroid dienone is 1. The highest BCUT2D eigenvalue weighted by Gasteiger charge is 2.44. The van der Waals surface area contributed by atoms with Gasteiger partial charge >= 0.3 is 6.18 Å². The van der Waals surface area contributed by atoms with E-state index in [-0.39, 0.29) is 24.6 Å². The third kappa shape index (κ3) is 7.00. The molecule has 1 saturated heterocycles. The lowest BCUT2D eigenvalue weighted by Crippen LogP contribution is -2.55. The molecule has 0 spiro atoms. The van der Waals surface area contributed by atoms with Crippen molar-refractivity contribution in [2.24, 2.45) is 0 Å². The topological polar surface area (TPSA) is 99.6 Å². The Morgan fingerprint density at radius 1 is 1.00 bits per heavy atom. The number of carbonyl (C=O) groups excluding carboxylic acids is 3. The number of hydrogen-bond donors (Lipinski definition) is 2. The molecular weight excluding hydrogens is 633 g/mol. The number of aromatic nitrogens is 2. The fourth-order valence-corrected chi connectivity index (χ4v) is 6.35. The molecule has 3 amide bonds. The molecule has 2 N–H and O–H groups in total. The molecule has 0 saturated carbocycles. The molecule has 2 aliphatic heterocycles. The Morgan fingerprint density at radius 3 is 2.43 bits per heavy atom. The van der Waals surface area contributed by atoms with Crippen LogP contribution < -0.4 is 15.5 Å². The van der Waals surface area contributed by atoms with Gasteiger partial charge in [0.25, 0.3) is 11.8 Å². The van der Waals surface area contributed by atoms with E-state index in [0.717, 1.165) is 42.9 Å². The van der Waals surface area contributed by atoms with Gasteiger partial charge in [-0.25, -0.2) is 4.68 Å². The zero-order valence-corrected chi connectivity index (χ0v) is 27.2. The highest BCUT2D eigenvalue weighted by atomic mass is 19.4. The Hall–Kier alpha value is -5.23. The van der Waals surface area contributed by atoms with E-state index >= 15 is 0 Å². The van der Waals surface area contributed by atoms with Crippen molar-refractivity contribution < 1.29 is 27.6 Å². The van der Waals surface area contributed by atoms with Crippen LogP contribution in [0.5, 0.6) is 0 Å². The van der Waals surface area contributed by atoms with Crippen LogP contribution in [-0.4, -0.2) is 64.6 Å². The summed E-state index contributed by atoms with van der Waals surface area (Å²) in [7, 11) is 0. The quantitative estimate of drug-likeness (QED) is 0.219. The van der Waals surface area contributed by atoms with Gasteiger partial charge in [0.15, 0.2) is 0 Å². The predicted octanol–water partition coefficient (Wildman–Crippen LogP) is 5.46. The third-order valence-electron chi connectivity index (χ3n) is 9.03. The highest BCUT2D eigenvalue weighted by Crippen LogP contribution is 2.42. The van der Waals surface area contributed by atoms with Crippen LogP contribution in [0.1, 0.15) is 58.8 Å². The molecule has 1 aromatic heterocycles. The van der Waals surface area contributed by atoms with Gasteiger partial charge in [0.2, 0.25) is 5.91 Å². The molecule has 0 aliphatic carbocycles. The lowest BCUT2D eigenvalue weighted by atomic mass is 9.81. The average Bonchev–Trinajstić information content (AvgIpc) is 3.52. The van der Waals surface area contributed by atoms with Crippen LogP contribution in [0.25, 0.3) is 5.69 Å². The molecule has 0 radical (unpaired) electrons. The molecular formula is C37H37F3N6O3. The Morgan fingerprint density at radius 2 is 1.76 bits per heavy atom. The van der Waals surface area contributed by atoms with Crippen molar-refractivity contribution in [2.45, 2.75) is 44.9 Å². The molecule has 254 valence electrons. The number of rotatable bonds is 10. The van der Waals surface area contributed by atoms with Gasteiger partial charge in [0.05, 0.1) is 17.4 Å². The smallest absolute Gasteiger partial charge is 0.348 e. The summed E-state index contributed by atoms with van der Waals surface area (Å²) in [6, 6.07) is 19.7. The molecule has 1 fully saturated rings. The monoisotopic (exact) mass is 670 g/mol. The van der Waals surface area contributed by atoms with Crippen molar-refractivity contribution in [1.29, 1.82) is 0 Å². The molecule has 12 heteroatoms. The number of alkyl halides is 3. The minimum atomic E-state index is -4.64. The molecule has 3 heterocycles. The van der Waals surface area contributed by atoms with E-state index < -0.39 is 35.5 Å². The van der Waals surface area contributed by atoms with Crippen molar-refractivity contribution in [2.75, 3.05) is 31.1 Å². The lowest BCUT2D eigenvalue weighted by molar-refractivity contribution is -0.137. The first kappa shape index (κ1) is 33.7. The first-order valence-electron chi connectivity index (χ1n) is 16.3. The van der Waals surface area contributed by atoms with Gasteiger partial charge in [0, 0.05) is 42.3 Å². The minimum Gasteiger partial charge on any atom is -0.348 e. The number of nitrogens with zero attached hydrogens (tertiary/aromatic N) is 4. The van der Waals surface area contributed by atoms with E-state index in [0.29, 0.717) is 29.1 Å². The van der Waals surface area contributed by atoms with Gasteiger partial charge in [-0.05, 0) is 74.8 Å². The zero-order chi connectivity index (χ0) is 34.7. The van der Waals surface area contributed by atoms with Crippen LogP contribution >= 0.6 is 0 Å². The maximum atomic E-state index is 14.3. The van der Waals surface area contributed by atoms with Gasteiger partial charge in [-0.1, -0.05) is 54.6 Å². The number of fused-ring (bicyclic) bond motifs is 1. The molecule has 2 atom stereocenters. The number of nitrogens with one attached hydrogen (secondary N) is 2. The summed E-state index contributed by atoms with van der Waals surface area (Å²) in [5.41, 5.74) is 2.34. The van der Waals surface area contributed by atoms with Crippen molar-refractivity contribution in [1.82, 2.24) is 25.3 Å². The number of para-hydroxylation sites is 1. The van der Waals surface area contributed by atoms with E-state index in [4.69, 9.17) is 0 Å². The summed E-state index contributed by atoms with van der Waals surface area (Å²) in [4.78, 5) is 44.7. The number of halogens is 3. The number of likely N-dealkylation sites (tertiary alicyclic amines) is 1. The van der Waals surface area contributed by atoms with Crippen molar-refractivity contribution in [3.8, 4) is 5.69 Å². The zero-order valence-electron chi connectivity index (χ0n) is 27.2. The van der Waals surface area contributed by atoms with Gasteiger partial charge in [-0.3, -0.25) is 24.2 Å². The summed E-state index contributed by atoms with van der Waals surface area (Å²) in [6.07, 6.45) is -0.0365. The number of amides is 3. The largest absolute Gasteiger partial charge is 0.416 e. The molecule has 9 nitrogen and oxygen atoms in total. The van der Waals surface area contributed by atoms with Crippen LogP contribution in [0, 0.1) is 0 Å². The van der Waals surface area contributed by atoms with Crippen molar-refractivity contribution in [3.05, 3.63) is 125 Å². The number of carbonyl (C=O) groups is 3. The van der Waals surface area contributed by atoms with Gasteiger partial charge in [0.1, 0.15) is 11.9 Å². The van der Waals surface area contributed by atoms with E-state index in [1.165, 1.54) is 17.0 Å². The second-order valence-electron chi connectivity index (χ2n) is 12.1. The fourth-order valence-electron chi connectivity index (χ4n) is 6.35. The third-order valence-corrected chi connectivity index (χ3v) is 9.03. The van der Waals surface area contributed by atoms with E-state index in [1.807, 2.05) is 67.6 Å². The normalized spacial score (nSPS) is 18.1. The average molecular weight is 671 g/mol. The SMILES string of the molecule is C/C=C(\CN1CCC1)C(=O)NCc1cccc([C@@H]2c3cnn(-c4ccccc4)c3N(CC)C(=O)[C@H]2NC(=O)c2cccc(C(F)(F)F)c2)c1. The second-order valence-corrected chi connectivity index (χ2v) is 12.1. The Kier molecular flexibility index (Phi) is 9.68. The number of anilines is 1. The number of benzene rings is 3. The summed E-state index contributed by atoms with van der Waals surface area (Å²) >= 11 is 0. The van der Waals surface area contributed by atoms with E-state index in [2.05, 4.69) is 20.6 Å². The Balaban J connectivity index is 1.36. The summed E-state index contributed by atoms with van der Waals surface area (Å²) in [5.74, 6) is -1.61. The standard InChI is InChI=1S/C37H37F3N6O3/c1-3-25(23-44-17-10-18-44)33(47)41-21-24-11-8-12-26(19-24)31-30-22-42-46(29-15-6-5-7-16-29)35(30)45(4-2)36(49)32(31)43-34(48)27-13-9-14-28(20-27)37(38,39)40/h3,5-9,11-16,19-20,22,31-32H,4,10,17-18,21,23H2,1-2H3,(H,41,47)(H,43,48)/b25-3+/t31-,32+/m1/s1. The molecule has 2 aliphatic rings. The summed E-state index contributed by atoms with van der Waals surface area (Å²) in [5, 5.41) is 10.4. The molecule has 49 heavy (non-hydrogen) atoms. The molecule has 4 aromatic rings. The fraction of sp³-hybridized carbons (Fsp3) is 0.297. The minimum absolute atomic E-state index is 0.163. The maximum absolute atomic E-state index is 14.3. The number of likely N-dealkylation sites (N-methyl/N-ethyl adjacent to an activating group) is 1. The second kappa shape index (κ2) is 14.1. The van der Waals surface area contributed by atoms with Gasteiger partial charge in [-0.15, -0.1) is 0 Å². The van der Waals surface area contributed by atoms with Crippen LogP contribution in [0.2, 0.25) is 0 Å². The van der Waals surface area contributed by atoms with E-state index in [1.54, 1.807) is 17.8 Å². The van der Waals surface area contributed by atoms with Crippen LogP contribution in [0.4, 0.5) is 19.0 Å². The Labute approximate surface area is 282 Å². The van der Waals surface area contributed by atoms with Crippen molar-refractivity contribution >= 4 is 23.5 Å².